The maximum atomic E-state index is 2.43. The van der Waals surface area contributed by atoms with E-state index in [-0.39, 0.29) is 0 Å². The number of benzene rings is 1. The lowest BCUT2D eigenvalue weighted by Gasteiger charge is -2.11. The molecule has 0 atom stereocenters. The maximum absolute atomic E-state index is 2.43. The summed E-state index contributed by atoms with van der Waals surface area (Å²) in [6.07, 6.45) is 5.92. The Morgan fingerprint density at radius 1 is 1.12 bits per heavy atom. The van der Waals surface area contributed by atoms with Crippen LogP contribution in [0.4, 0.5) is 0 Å². The Kier molecular flexibility index (Phi) is 3.83. The lowest BCUT2D eigenvalue weighted by molar-refractivity contribution is 0.731. The fraction of sp³-hybridized carbons (Fsp3) is 0.412. The molecule has 1 aliphatic carbocycles. The van der Waals surface area contributed by atoms with Crippen molar-refractivity contribution in [2.45, 2.75) is 40.0 Å². The molecule has 0 aromatic heterocycles. The summed E-state index contributed by atoms with van der Waals surface area (Å²) >= 11 is 0. The van der Waals surface area contributed by atoms with E-state index in [9.17, 15) is 0 Å². The van der Waals surface area contributed by atoms with Gasteiger partial charge in [-0.15, -0.1) is 0 Å². The predicted molar refractivity (Wildman–Crippen MR) is 75.0 cm³/mol. The highest BCUT2D eigenvalue weighted by Gasteiger charge is 2.17. The van der Waals surface area contributed by atoms with E-state index in [0.717, 1.165) is 6.42 Å². The molecule has 0 unspecified atom stereocenters. The summed E-state index contributed by atoms with van der Waals surface area (Å²) in [5.74, 6) is 0.675. The second kappa shape index (κ2) is 5.35. The Hall–Kier alpha value is -1.30. The van der Waals surface area contributed by atoms with Gasteiger partial charge in [0.1, 0.15) is 0 Å². The minimum Gasteiger partial charge on any atom is -0.0661 e. The zero-order valence-electron chi connectivity index (χ0n) is 11.2. The molecule has 0 heteroatoms. The largest absolute Gasteiger partial charge is 0.0661 e. The molecule has 0 saturated heterocycles. The van der Waals surface area contributed by atoms with Gasteiger partial charge in [0.25, 0.3) is 0 Å². The topological polar surface area (TPSA) is 0 Å². The van der Waals surface area contributed by atoms with Gasteiger partial charge in [-0.25, -0.2) is 0 Å². The van der Waals surface area contributed by atoms with Crippen molar-refractivity contribution in [2.75, 3.05) is 0 Å². The van der Waals surface area contributed by atoms with Crippen LogP contribution in [0, 0.1) is 5.92 Å². The van der Waals surface area contributed by atoms with E-state index in [1.165, 1.54) is 18.4 Å². The molecule has 17 heavy (non-hydrogen) atoms. The zero-order chi connectivity index (χ0) is 12.3. The Labute approximate surface area is 105 Å². The fourth-order valence-corrected chi connectivity index (χ4v) is 2.53. The minimum atomic E-state index is 0.675. The van der Waals surface area contributed by atoms with E-state index in [1.54, 1.807) is 16.7 Å². The predicted octanol–water partition coefficient (Wildman–Crippen LogP) is 4.92. The molecular formula is C17H22. The van der Waals surface area contributed by atoms with Gasteiger partial charge < -0.3 is 0 Å². The van der Waals surface area contributed by atoms with Crippen LogP contribution in [-0.2, 0) is 6.42 Å². The normalized spacial score (nSPS) is 15.6. The first-order valence-electron chi connectivity index (χ1n) is 6.66. The van der Waals surface area contributed by atoms with Crippen LogP contribution in [-0.4, -0.2) is 0 Å². The first-order valence-corrected chi connectivity index (χ1v) is 6.66. The third kappa shape index (κ3) is 2.88. The van der Waals surface area contributed by atoms with Crippen molar-refractivity contribution in [3.8, 4) is 0 Å². The molecule has 0 fully saturated rings. The third-order valence-corrected chi connectivity index (χ3v) is 3.60. The standard InChI is InChI=1S/C17H22/c1-4-14-10-16(17(12-14)13(2)3)11-15-8-6-5-7-9-15/h5-10,13H,4,11-12H2,1-3H3. The fourth-order valence-electron chi connectivity index (χ4n) is 2.53. The van der Waals surface area contributed by atoms with Crippen molar-refractivity contribution >= 4 is 0 Å². The van der Waals surface area contributed by atoms with Gasteiger partial charge in [0, 0.05) is 0 Å². The molecule has 1 aromatic carbocycles. The number of allylic oxidation sites excluding steroid dienone is 4. The van der Waals surface area contributed by atoms with Crippen molar-refractivity contribution < 1.29 is 0 Å². The van der Waals surface area contributed by atoms with Gasteiger partial charge in [-0.05, 0) is 36.3 Å². The van der Waals surface area contributed by atoms with Crippen LogP contribution in [0.25, 0.3) is 0 Å². The highest BCUT2D eigenvalue weighted by molar-refractivity contribution is 5.42. The summed E-state index contributed by atoms with van der Waals surface area (Å²) in [6.45, 7) is 6.88. The molecular weight excluding hydrogens is 204 g/mol. The van der Waals surface area contributed by atoms with E-state index < -0.39 is 0 Å². The molecule has 1 aliphatic rings. The quantitative estimate of drug-likeness (QED) is 0.683. The molecule has 0 nitrogen and oxygen atoms in total. The Morgan fingerprint density at radius 2 is 1.82 bits per heavy atom. The average molecular weight is 226 g/mol. The second-order valence-electron chi connectivity index (χ2n) is 5.20. The van der Waals surface area contributed by atoms with Gasteiger partial charge in [0.05, 0.1) is 0 Å². The van der Waals surface area contributed by atoms with Crippen LogP contribution in [0.3, 0.4) is 0 Å². The molecule has 0 saturated carbocycles. The third-order valence-electron chi connectivity index (χ3n) is 3.60. The van der Waals surface area contributed by atoms with Crippen LogP contribution in [0.2, 0.25) is 0 Å². The van der Waals surface area contributed by atoms with Crippen molar-refractivity contribution in [3.05, 3.63) is 58.7 Å². The van der Waals surface area contributed by atoms with Gasteiger partial charge in [0.15, 0.2) is 0 Å². The summed E-state index contributed by atoms with van der Waals surface area (Å²) in [4.78, 5) is 0. The van der Waals surface area contributed by atoms with E-state index in [4.69, 9.17) is 0 Å². The van der Waals surface area contributed by atoms with Crippen LogP contribution >= 0.6 is 0 Å². The van der Waals surface area contributed by atoms with Crippen LogP contribution in [0.1, 0.15) is 39.2 Å². The van der Waals surface area contributed by atoms with Crippen molar-refractivity contribution in [2.24, 2.45) is 5.92 Å². The van der Waals surface area contributed by atoms with Crippen molar-refractivity contribution in [1.82, 2.24) is 0 Å². The number of rotatable bonds is 4. The molecule has 0 aliphatic heterocycles. The van der Waals surface area contributed by atoms with E-state index >= 15 is 0 Å². The van der Waals surface area contributed by atoms with Gasteiger partial charge >= 0.3 is 0 Å². The molecule has 2 rings (SSSR count). The molecule has 0 amide bonds. The monoisotopic (exact) mass is 226 g/mol. The summed E-state index contributed by atoms with van der Waals surface area (Å²) in [5.41, 5.74) is 6.22. The summed E-state index contributed by atoms with van der Waals surface area (Å²) < 4.78 is 0. The zero-order valence-corrected chi connectivity index (χ0v) is 11.2. The molecule has 0 radical (unpaired) electrons. The Balaban J connectivity index is 2.21. The van der Waals surface area contributed by atoms with Gasteiger partial charge in [-0.1, -0.05) is 68.3 Å². The van der Waals surface area contributed by atoms with Crippen molar-refractivity contribution in [1.29, 1.82) is 0 Å². The maximum Gasteiger partial charge on any atom is -0.00260 e. The Bertz CT molecular complexity index is 432. The highest BCUT2D eigenvalue weighted by atomic mass is 14.2. The molecule has 90 valence electrons. The smallest absolute Gasteiger partial charge is 0.00260 e. The van der Waals surface area contributed by atoms with Crippen LogP contribution < -0.4 is 0 Å². The van der Waals surface area contributed by atoms with E-state index in [1.807, 2.05) is 0 Å². The SMILES string of the molecule is CCC1=CC(Cc2ccccc2)=C(C(C)C)C1. The van der Waals surface area contributed by atoms with Gasteiger partial charge in [-0.2, -0.15) is 0 Å². The van der Waals surface area contributed by atoms with Gasteiger partial charge in [-0.3, -0.25) is 0 Å². The first kappa shape index (κ1) is 12.2. The summed E-state index contributed by atoms with van der Waals surface area (Å²) in [5, 5.41) is 0. The molecule has 0 heterocycles. The first-order chi connectivity index (χ1) is 8.20. The van der Waals surface area contributed by atoms with E-state index in [2.05, 4.69) is 57.2 Å². The second-order valence-corrected chi connectivity index (χ2v) is 5.20. The lowest BCUT2D eigenvalue weighted by atomic mass is 9.94. The Morgan fingerprint density at radius 3 is 2.41 bits per heavy atom. The van der Waals surface area contributed by atoms with E-state index in [0.29, 0.717) is 5.92 Å². The minimum absolute atomic E-state index is 0.675. The lowest BCUT2D eigenvalue weighted by Crippen LogP contribution is -1.97. The summed E-state index contributed by atoms with van der Waals surface area (Å²) in [6, 6.07) is 10.8. The van der Waals surface area contributed by atoms with Crippen molar-refractivity contribution in [3.63, 3.8) is 0 Å². The average Bonchev–Trinajstić information content (AvgIpc) is 2.74. The summed E-state index contributed by atoms with van der Waals surface area (Å²) in [7, 11) is 0. The van der Waals surface area contributed by atoms with Gasteiger partial charge in [0.2, 0.25) is 0 Å². The number of hydrogen-bond acceptors (Lipinski definition) is 0. The molecule has 1 aromatic rings. The number of hydrogen-bond donors (Lipinski definition) is 0. The molecule has 0 spiro atoms. The van der Waals surface area contributed by atoms with Crippen LogP contribution in [0.15, 0.2) is 53.1 Å². The molecule has 0 bridgehead atoms. The molecule has 0 N–H and O–H groups in total. The highest BCUT2D eigenvalue weighted by Crippen LogP contribution is 2.33. The van der Waals surface area contributed by atoms with Crippen LogP contribution in [0.5, 0.6) is 0 Å².